The fourth-order valence-corrected chi connectivity index (χ4v) is 5.22. The summed E-state index contributed by atoms with van der Waals surface area (Å²) in [6, 6.07) is 8.85. The van der Waals surface area contributed by atoms with Crippen molar-refractivity contribution in [1.82, 2.24) is 10.2 Å². The average Bonchev–Trinajstić information content (AvgIpc) is 3.25. The summed E-state index contributed by atoms with van der Waals surface area (Å²) in [6.45, 7) is 6.53. The van der Waals surface area contributed by atoms with Gasteiger partial charge in [0, 0.05) is 36.6 Å². The summed E-state index contributed by atoms with van der Waals surface area (Å²) < 4.78 is 34.1. The number of halogens is 2. The van der Waals surface area contributed by atoms with E-state index in [1.54, 1.807) is 26.0 Å². The van der Waals surface area contributed by atoms with E-state index in [1.165, 1.54) is 0 Å². The van der Waals surface area contributed by atoms with E-state index < -0.39 is 24.3 Å². The van der Waals surface area contributed by atoms with Gasteiger partial charge in [-0.15, -0.1) is 0 Å². The first-order valence-electron chi connectivity index (χ1n) is 12.5. The topological polar surface area (TPSA) is 78.9 Å². The second-order valence-corrected chi connectivity index (χ2v) is 10.3. The number of hydrogen-bond acceptors (Lipinski definition) is 6. The van der Waals surface area contributed by atoms with Crippen LogP contribution in [0.1, 0.15) is 51.2 Å². The molecule has 0 saturated carbocycles. The first kappa shape index (κ1) is 26.4. The summed E-state index contributed by atoms with van der Waals surface area (Å²) >= 11 is 0. The maximum absolute atomic E-state index is 14.2. The van der Waals surface area contributed by atoms with Crippen LogP contribution in [-0.2, 0) is 22.6 Å². The minimum atomic E-state index is -1.49. The molecule has 0 amide bonds. The van der Waals surface area contributed by atoms with Crippen LogP contribution in [0.5, 0.6) is 5.75 Å². The van der Waals surface area contributed by atoms with Gasteiger partial charge in [-0.2, -0.15) is 0 Å². The van der Waals surface area contributed by atoms with Gasteiger partial charge in [-0.1, -0.05) is 19.1 Å². The molecule has 0 spiro atoms. The largest absolute Gasteiger partial charge is 0.560 e. The molecule has 2 unspecified atom stereocenters. The Morgan fingerprint density at radius 3 is 2.58 bits per heavy atom. The molecule has 2 aromatic rings. The van der Waals surface area contributed by atoms with E-state index in [4.69, 9.17) is 4.65 Å². The summed E-state index contributed by atoms with van der Waals surface area (Å²) in [5, 5.41) is 14.3. The van der Waals surface area contributed by atoms with Crippen molar-refractivity contribution >= 4 is 24.1 Å². The number of fused-ring (bicyclic) bond motifs is 5. The molecule has 192 valence electrons. The molecule has 0 aliphatic carbocycles. The molecule has 3 heterocycles. The molecule has 9 heteroatoms. The Kier molecular flexibility index (Phi) is 7.92. The second kappa shape index (κ2) is 10.8. The monoisotopic (exact) mass is 498 g/mol. The van der Waals surface area contributed by atoms with E-state index in [2.05, 4.69) is 10.2 Å². The van der Waals surface area contributed by atoms with Crippen LogP contribution in [-0.4, -0.2) is 53.3 Å². The lowest BCUT2D eigenvalue weighted by Gasteiger charge is -2.34. The minimum absolute atomic E-state index is 0.0749. The number of carbonyl (C=O) groups excluding carboxylic acids is 2. The first-order chi connectivity index (χ1) is 17.1. The third-order valence-electron chi connectivity index (χ3n) is 7.75. The molecule has 6 nitrogen and oxygen atoms in total. The summed E-state index contributed by atoms with van der Waals surface area (Å²) in [7, 11) is -1.49. The van der Waals surface area contributed by atoms with E-state index in [9.17, 15) is 23.4 Å². The van der Waals surface area contributed by atoms with Crippen LogP contribution < -0.4 is 15.4 Å². The van der Waals surface area contributed by atoms with Crippen molar-refractivity contribution in [3.05, 3.63) is 59.2 Å². The maximum atomic E-state index is 14.2. The molecule has 4 bridgehead atoms. The number of nitrogens with zero attached hydrogens (tertiary/aromatic N) is 1. The molecule has 0 aromatic heterocycles. The molecule has 4 atom stereocenters. The highest BCUT2D eigenvalue weighted by molar-refractivity contribution is 6.61. The van der Waals surface area contributed by atoms with Gasteiger partial charge in [0.15, 0.2) is 11.6 Å². The lowest BCUT2D eigenvalue weighted by Crippen LogP contribution is -2.51. The molecule has 2 aromatic carbocycles. The summed E-state index contributed by atoms with van der Waals surface area (Å²) in [6.07, 6.45) is 2.62. The Balaban J connectivity index is 1.73. The van der Waals surface area contributed by atoms with Gasteiger partial charge in [0.05, 0.1) is 6.04 Å². The molecule has 3 aliphatic heterocycles. The Morgan fingerprint density at radius 2 is 1.92 bits per heavy atom. The summed E-state index contributed by atoms with van der Waals surface area (Å²) in [5.41, 5.74) is 1.04. The number of hydrogen-bond donors (Lipinski definition) is 2. The molecule has 2 N–H and O–H groups in total. The zero-order valence-corrected chi connectivity index (χ0v) is 21.0. The molecule has 5 rings (SSSR count). The van der Waals surface area contributed by atoms with Gasteiger partial charge in [-0.25, -0.2) is 8.78 Å². The highest BCUT2D eigenvalue weighted by Crippen LogP contribution is 2.31. The predicted molar refractivity (Wildman–Crippen MR) is 134 cm³/mol. The molecular weight excluding hydrogens is 465 g/mol. The average molecular weight is 498 g/mol. The summed E-state index contributed by atoms with van der Waals surface area (Å²) in [5.74, 6) is -1.61. The van der Waals surface area contributed by atoms with Crippen LogP contribution in [0.25, 0.3) is 0 Å². The van der Waals surface area contributed by atoms with E-state index in [0.29, 0.717) is 43.7 Å². The van der Waals surface area contributed by atoms with Gasteiger partial charge in [0.25, 0.3) is 0 Å². The standard InChI is InChI=1S/C27H33BF2N2O4/c1-17(18(2)33)8-9-27-10-11-32(16-27)26(19(3)34)12-20-4-6-22(7-5-20)36-28(35)23-14-25(30)24(29)13-21(23)15-31-27/h4-7,13-14,17,26,31,35H,8-12,15-16H2,1-3H3/t17-,26-,27?/m0/s1. The number of benzene rings is 2. The molecule has 3 aliphatic rings. The number of ketones is 2. The van der Waals surface area contributed by atoms with Crippen molar-refractivity contribution in [2.24, 2.45) is 5.92 Å². The van der Waals surface area contributed by atoms with E-state index in [0.717, 1.165) is 24.1 Å². The van der Waals surface area contributed by atoms with E-state index in [1.807, 2.05) is 19.1 Å². The fourth-order valence-electron chi connectivity index (χ4n) is 5.22. The zero-order valence-electron chi connectivity index (χ0n) is 21.0. The number of Topliss-reactive ketones (excluding diaryl/α,β-unsaturated/α-hetero) is 2. The van der Waals surface area contributed by atoms with E-state index >= 15 is 0 Å². The third-order valence-corrected chi connectivity index (χ3v) is 7.75. The Hall–Kier alpha value is -2.62. The minimum Gasteiger partial charge on any atom is -0.532 e. The second-order valence-electron chi connectivity index (χ2n) is 10.3. The van der Waals surface area contributed by atoms with Gasteiger partial charge in [0.1, 0.15) is 17.3 Å². The number of carbonyl (C=O) groups is 2. The van der Waals surface area contributed by atoms with Gasteiger partial charge in [-0.3, -0.25) is 14.5 Å². The Bertz CT molecular complexity index is 1130. The lowest BCUT2D eigenvalue weighted by molar-refractivity contribution is -0.122. The van der Waals surface area contributed by atoms with Crippen LogP contribution in [0, 0.1) is 17.6 Å². The first-order valence-corrected chi connectivity index (χ1v) is 12.5. The van der Waals surface area contributed by atoms with Crippen molar-refractivity contribution in [3.8, 4) is 5.75 Å². The third kappa shape index (κ3) is 5.85. The van der Waals surface area contributed by atoms with Crippen LogP contribution in [0.3, 0.4) is 0 Å². The Morgan fingerprint density at radius 1 is 1.22 bits per heavy atom. The highest BCUT2D eigenvalue weighted by Gasteiger charge is 2.41. The summed E-state index contributed by atoms with van der Waals surface area (Å²) in [4.78, 5) is 26.8. The predicted octanol–water partition coefficient (Wildman–Crippen LogP) is 2.78. The van der Waals surface area contributed by atoms with Gasteiger partial charge in [0.2, 0.25) is 0 Å². The van der Waals surface area contributed by atoms with Crippen molar-refractivity contribution < 1.29 is 28.0 Å². The smallest absolute Gasteiger partial charge is 0.532 e. The van der Waals surface area contributed by atoms with Crippen molar-refractivity contribution in [1.29, 1.82) is 0 Å². The lowest BCUT2D eigenvalue weighted by atomic mass is 9.75. The molecule has 1 fully saturated rings. The zero-order chi connectivity index (χ0) is 26.0. The van der Waals surface area contributed by atoms with Crippen molar-refractivity contribution in [3.63, 3.8) is 0 Å². The van der Waals surface area contributed by atoms with Crippen molar-refractivity contribution in [2.45, 2.75) is 64.6 Å². The van der Waals surface area contributed by atoms with E-state index in [-0.39, 0.29) is 35.5 Å². The SMILES string of the molecule is CC(=O)[C@@H](C)CCC12CCN(C1)[C@H](C(C)=O)Cc1ccc(cc1)OB(O)c1cc(F)c(F)cc1CN2. The van der Waals surface area contributed by atoms with Gasteiger partial charge < -0.3 is 15.0 Å². The molecule has 36 heavy (non-hydrogen) atoms. The highest BCUT2D eigenvalue weighted by atomic mass is 19.2. The maximum Gasteiger partial charge on any atom is 0.560 e. The normalized spacial score (nSPS) is 24.9. The number of nitrogens with one attached hydrogen (secondary N) is 1. The Labute approximate surface area is 211 Å². The van der Waals surface area contributed by atoms with Crippen LogP contribution in [0.2, 0.25) is 0 Å². The van der Waals surface area contributed by atoms with Crippen LogP contribution in [0.4, 0.5) is 8.78 Å². The number of rotatable bonds is 5. The van der Waals surface area contributed by atoms with Gasteiger partial charge in [-0.05, 0) is 74.9 Å². The molecule has 0 radical (unpaired) electrons. The fraction of sp³-hybridized carbons (Fsp3) is 0.481. The van der Waals surface area contributed by atoms with Crippen LogP contribution >= 0.6 is 0 Å². The van der Waals surface area contributed by atoms with Crippen LogP contribution in [0.15, 0.2) is 36.4 Å². The van der Waals surface area contributed by atoms with Gasteiger partial charge >= 0.3 is 7.12 Å². The van der Waals surface area contributed by atoms with Crippen molar-refractivity contribution in [2.75, 3.05) is 13.1 Å². The molecular formula is C27H33BF2N2O4. The molecule has 1 saturated heterocycles. The quantitative estimate of drug-likeness (QED) is 0.618.